The number of aromatic nitrogens is 3. The van der Waals surface area contributed by atoms with Gasteiger partial charge >= 0.3 is 0 Å². The molecule has 1 unspecified atom stereocenters. The number of likely N-dealkylation sites (tertiary alicyclic amines) is 1. The summed E-state index contributed by atoms with van der Waals surface area (Å²) in [6.45, 7) is 0.955. The smallest absolute Gasteiger partial charge is 0.276 e. The average molecular weight is 365 g/mol. The molecule has 0 aliphatic carbocycles. The highest BCUT2D eigenvalue weighted by atomic mass is 16.5. The van der Waals surface area contributed by atoms with Crippen LogP contribution in [0, 0.1) is 11.3 Å². The van der Waals surface area contributed by atoms with Crippen LogP contribution in [-0.4, -0.2) is 45.1 Å². The number of nitriles is 1. The minimum absolute atomic E-state index is 0.126. The Hall–Kier alpha value is -3.67. The number of piperidine rings is 1. The summed E-state index contributed by atoms with van der Waals surface area (Å²) in [4.78, 5) is 22.4. The first kappa shape index (κ1) is 16.8. The fourth-order valence-electron chi connectivity index (χ4n) is 2.94. The van der Waals surface area contributed by atoms with Gasteiger partial charge in [-0.15, -0.1) is 0 Å². The van der Waals surface area contributed by atoms with E-state index in [1.165, 1.54) is 18.7 Å². The summed E-state index contributed by atoms with van der Waals surface area (Å²) in [7, 11) is 0. The summed E-state index contributed by atoms with van der Waals surface area (Å²) in [5.74, 6) is 0.838. The van der Waals surface area contributed by atoms with Gasteiger partial charge < -0.3 is 18.6 Å². The lowest BCUT2D eigenvalue weighted by Gasteiger charge is -2.32. The number of amides is 1. The highest BCUT2D eigenvalue weighted by Crippen LogP contribution is 2.23. The van der Waals surface area contributed by atoms with E-state index in [4.69, 9.17) is 18.9 Å². The minimum atomic E-state index is -0.275. The first-order valence-electron chi connectivity index (χ1n) is 8.42. The molecule has 4 rings (SSSR count). The molecular formula is C18H15N5O4. The molecule has 1 aliphatic heterocycles. The van der Waals surface area contributed by atoms with Gasteiger partial charge in [-0.25, -0.2) is 9.97 Å². The monoisotopic (exact) mass is 365 g/mol. The van der Waals surface area contributed by atoms with Crippen LogP contribution in [0.15, 0.2) is 45.8 Å². The van der Waals surface area contributed by atoms with Crippen molar-refractivity contribution in [1.82, 2.24) is 20.0 Å². The van der Waals surface area contributed by atoms with E-state index in [1.54, 1.807) is 23.1 Å². The molecule has 0 radical (unpaired) electrons. The summed E-state index contributed by atoms with van der Waals surface area (Å²) in [6.07, 6.45) is 5.66. The topological polar surface area (TPSA) is 118 Å². The van der Waals surface area contributed by atoms with Crippen molar-refractivity contribution in [2.24, 2.45) is 0 Å². The van der Waals surface area contributed by atoms with Crippen molar-refractivity contribution in [3.05, 3.63) is 48.2 Å². The third-order valence-corrected chi connectivity index (χ3v) is 4.21. The first-order chi connectivity index (χ1) is 13.2. The van der Waals surface area contributed by atoms with E-state index >= 15 is 0 Å². The van der Waals surface area contributed by atoms with E-state index in [0.717, 1.165) is 12.8 Å². The average Bonchev–Trinajstić information content (AvgIpc) is 3.40. The number of rotatable bonds is 4. The largest absolute Gasteiger partial charge is 0.470 e. The van der Waals surface area contributed by atoms with Gasteiger partial charge in [0.05, 0.1) is 12.8 Å². The Bertz CT molecular complexity index is 976. The second-order valence-electron chi connectivity index (χ2n) is 6.01. The van der Waals surface area contributed by atoms with Gasteiger partial charge in [-0.3, -0.25) is 4.79 Å². The maximum absolute atomic E-state index is 12.7. The van der Waals surface area contributed by atoms with Gasteiger partial charge in [0, 0.05) is 25.0 Å². The summed E-state index contributed by atoms with van der Waals surface area (Å²) in [6, 6.07) is 6.97. The van der Waals surface area contributed by atoms with Crippen LogP contribution in [0.2, 0.25) is 0 Å². The summed E-state index contributed by atoms with van der Waals surface area (Å²) in [5.41, 5.74) is 0.333. The molecule has 9 nitrogen and oxygen atoms in total. The molecule has 9 heteroatoms. The lowest BCUT2D eigenvalue weighted by molar-refractivity contribution is 0.0517. The Morgan fingerprint density at radius 3 is 3.04 bits per heavy atom. The molecule has 136 valence electrons. The van der Waals surface area contributed by atoms with Gasteiger partial charge in [-0.2, -0.15) is 5.26 Å². The number of ether oxygens (including phenoxy) is 1. The molecule has 27 heavy (non-hydrogen) atoms. The standard InChI is InChI=1S/C18H15N5O4/c19-10-14-17(21-6-5-20-14)26-12-3-1-7-23(11-12)18(24)13-9-16(27-22-13)15-4-2-8-25-15/h2,4-6,8-9,12H,1,3,7,11H2. The quantitative estimate of drug-likeness (QED) is 0.691. The van der Waals surface area contributed by atoms with Crippen LogP contribution in [-0.2, 0) is 0 Å². The Morgan fingerprint density at radius 1 is 1.33 bits per heavy atom. The highest BCUT2D eigenvalue weighted by Gasteiger charge is 2.28. The molecule has 1 saturated heterocycles. The number of nitrogens with zero attached hydrogens (tertiary/aromatic N) is 5. The van der Waals surface area contributed by atoms with Crippen LogP contribution in [0.25, 0.3) is 11.5 Å². The normalized spacial score (nSPS) is 16.7. The van der Waals surface area contributed by atoms with Crippen molar-refractivity contribution < 1.29 is 18.5 Å². The molecule has 0 bridgehead atoms. The predicted molar refractivity (Wildman–Crippen MR) is 90.5 cm³/mol. The van der Waals surface area contributed by atoms with Gasteiger partial charge in [0.25, 0.3) is 11.8 Å². The highest BCUT2D eigenvalue weighted by molar-refractivity contribution is 5.93. The van der Waals surface area contributed by atoms with E-state index in [1.807, 2.05) is 6.07 Å². The number of carbonyl (C=O) groups excluding carboxylic acids is 1. The summed E-state index contributed by atoms with van der Waals surface area (Å²) < 4.78 is 16.3. The van der Waals surface area contributed by atoms with Crippen LogP contribution < -0.4 is 4.74 Å². The van der Waals surface area contributed by atoms with E-state index < -0.39 is 0 Å². The van der Waals surface area contributed by atoms with E-state index in [9.17, 15) is 4.79 Å². The zero-order chi connectivity index (χ0) is 18.6. The SMILES string of the molecule is N#Cc1nccnc1OC1CCCN(C(=O)c2cc(-c3ccco3)on2)C1. The van der Waals surface area contributed by atoms with Crippen molar-refractivity contribution >= 4 is 5.91 Å². The van der Waals surface area contributed by atoms with Crippen molar-refractivity contribution in [2.45, 2.75) is 18.9 Å². The van der Waals surface area contributed by atoms with Gasteiger partial charge in [-0.1, -0.05) is 5.16 Å². The molecule has 1 amide bonds. The first-order valence-corrected chi connectivity index (χ1v) is 8.42. The zero-order valence-electron chi connectivity index (χ0n) is 14.2. The second kappa shape index (κ2) is 7.29. The van der Waals surface area contributed by atoms with E-state index in [-0.39, 0.29) is 29.3 Å². The van der Waals surface area contributed by atoms with Gasteiger partial charge in [-0.05, 0) is 25.0 Å². The van der Waals surface area contributed by atoms with Crippen LogP contribution in [0.1, 0.15) is 29.0 Å². The maximum Gasteiger partial charge on any atom is 0.276 e. The van der Waals surface area contributed by atoms with Crippen LogP contribution in [0.4, 0.5) is 0 Å². The maximum atomic E-state index is 12.7. The Morgan fingerprint density at radius 2 is 2.22 bits per heavy atom. The summed E-state index contributed by atoms with van der Waals surface area (Å²) >= 11 is 0. The van der Waals surface area contributed by atoms with Crippen molar-refractivity contribution in [1.29, 1.82) is 5.26 Å². The molecule has 0 saturated carbocycles. The Kier molecular flexibility index (Phi) is 4.53. The third-order valence-electron chi connectivity index (χ3n) is 4.21. The molecule has 1 atom stereocenters. The number of furan rings is 1. The van der Waals surface area contributed by atoms with Crippen molar-refractivity contribution in [3.8, 4) is 23.5 Å². The molecule has 1 fully saturated rings. The lowest BCUT2D eigenvalue weighted by Crippen LogP contribution is -2.44. The molecule has 0 N–H and O–H groups in total. The van der Waals surface area contributed by atoms with E-state index in [0.29, 0.717) is 24.6 Å². The van der Waals surface area contributed by atoms with Gasteiger partial charge in [0.2, 0.25) is 11.5 Å². The van der Waals surface area contributed by atoms with Gasteiger partial charge in [0.1, 0.15) is 12.2 Å². The predicted octanol–water partition coefficient (Wildman–Crippen LogP) is 2.28. The molecular weight excluding hydrogens is 350 g/mol. The zero-order valence-corrected chi connectivity index (χ0v) is 14.2. The Balaban J connectivity index is 1.45. The Labute approximate surface area is 154 Å². The number of carbonyl (C=O) groups is 1. The summed E-state index contributed by atoms with van der Waals surface area (Å²) in [5, 5.41) is 12.9. The molecule has 0 spiro atoms. The molecule has 3 aromatic heterocycles. The number of hydrogen-bond acceptors (Lipinski definition) is 8. The van der Waals surface area contributed by atoms with Crippen LogP contribution in [0.5, 0.6) is 5.88 Å². The number of hydrogen-bond donors (Lipinski definition) is 0. The van der Waals surface area contributed by atoms with Crippen LogP contribution in [0.3, 0.4) is 0 Å². The lowest BCUT2D eigenvalue weighted by atomic mass is 10.1. The van der Waals surface area contributed by atoms with Gasteiger partial charge in [0.15, 0.2) is 11.5 Å². The molecule has 0 aromatic carbocycles. The second-order valence-corrected chi connectivity index (χ2v) is 6.01. The van der Waals surface area contributed by atoms with Crippen LogP contribution >= 0.6 is 0 Å². The molecule has 4 heterocycles. The van der Waals surface area contributed by atoms with E-state index in [2.05, 4.69) is 15.1 Å². The third kappa shape index (κ3) is 3.50. The fraction of sp³-hybridized carbons (Fsp3) is 0.278. The van der Waals surface area contributed by atoms with Crippen molar-refractivity contribution in [3.63, 3.8) is 0 Å². The van der Waals surface area contributed by atoms with Crippen molar-refractivity contribution in [2.75, 3.05) is 13.1 Å². The molecule has 1 aliphatic rings. The fourth-order valence-corrected chi connectivity index (χ4v) is 2.94. The molecule has 3 aromatic rings. The minimum Gasteiger partial charge on any atom is -0.470 e.